The summed E-state index contributed by atoms with van der Waals surface area (Å²) in [5.74, 6) is 0.513. The van der Waals surface area contributed by atoms with Crippen molar-refractivity contribution in [1.29, 1.82) is 0 Å². The van der Waals surface area contributed by atoms with Gasteiger partial charge in [0.2, 0.25) is 5.75 Å². The first kappa shape index (κ1) is 19.5. The van der Waals surface area contributed by atoms with Crippen molar-refractivity contribution in [1.82, 2.24) is 4.90 Å². The highest BCUT2D eigenvalue weighted by Gasteiger charge is 2.26. The second-order valence-corrected chi connectivity index (χ2v) is 6.46. The van der Waals surface area contributed by atoms with Gasteiger partial charge in [-0.2, -0.15) is 0 Å². The van der Waals surface area contributed by atoms with Crippen molar-refractivity contribution in [3.8, 4) is 17.2 Å². The summed E-state index contributed by atoms with van der Waals surface area (Å²) in [5.41, 5.74) is 2.51. The largest absolute Gasteiger partial charge is 0.493 e. The fourth-order valence-electron chi connectivity index (χ4n) is 3.55. The first-order valence-corrected chi connectivity index (χ1v) is 8.93. The van der Waals surface area contributed by atoms with Gasteiger partial charge in [0.15, 0.2) is 11.5 Å². The number of nitrogens with zero attached hydrogens (tertiary/aromatic N) is 1. The van der Waals surface area contributed by atoms with Crippen LogP contribution in [0.3, 0.4) is 0 Å². The summed E-state index contributed by atoms with van der Waals surface area (Å²) in [7, 11) is 4.73. The van der Waals surface area contributed by atoms with Crippen molar-refractivity contribution in [2.45, 2.75) is 12.8 Å². The Hall–Kier alpha value is -3.22. The molecule has 0 bridgehead atoms. The maximum atomic E-state index is 12.9. The lowest BCUT2D eigenvalue weighted by Crippen LogP contribution is -2.33. The highest BCUT2D eigenvalue weighted by Crippen LogP contribution is 2.43. The van der Waals surface area contributed by atoms with Crippen LogP contribution in [0.5, 0.6) is 17.2 Å². The van der Waals surface area contributed by atoms with Gasteiger partial charge in [0.05, 0.1) is 26.9 Å². The maximum Gasteiger partial charge on any atom is 0.335 e. The quantitative estimate of drug-likeness (QED) is 0.852. The predicted octanol–water partition coefficient (Wildman–Crippen LogP) is 2.65. The van der Waals surface area contributed by atoms with Crippen LogP contribution >= 0.6 is 0 Å². The fraction of sp³-hybridized carbons (Fsp3) is 0.333. The number of benzene rings is 2. The Morgan fingerprint density at radius 3 is 2.25 bits per heavy atom. The molecule has 0 radical (unpaired) electrons. The Kier molecular flexibility index (Phi) is 5.73. The van der Waals surface area contributed by atoms with E-state index in [-0.39, 0.29) is 11.5 Å². The number of carbonyl (C=O) groups is 2. The normalized spacial score (nSPS) is 13.3. The molecule has 0 unspecified atom stereocenters. The third kappa shape index (κ3) is 3.60. The number of fused-ring (bicyclic) bond motifs is 1. The number of hydrogen-bond acceptors (Lipinski definition) is 5. The first-order chi connectivity index (χ1) is 13.5. The molecule has 0 fully saturated rings. The number of rotatable bonds is 5. The smallest absolute Gasteiger partial charge is 0.335 e. The van der Waals surface area contributed by atoms with E-state index in [0.717, 1.165) is 11.1 Å². The zero-order valence-corrected chi connectivity index (χ0v) is 16.2. The number of carboxylic acids is 1. The van der Waals surface area contributed by atoms with E-state index in [1.807, 2.05) is 6.07 Å². The van der Waals surface area contributed by atoms with E-state index in [1.54, 1.807) is 38.4 Å². The molecule has 1 amide bonds. The zero-order valence-electron chi connectivity index (χ0n) is 16.2. The molecule has 7 nitrogen and oxygen atoms in total. The van der Waals surface area contributed by atoms with E-state index in [9.17, 15) is 9.59 Å². The minimum Gasteiger partial charge on any atom is -0.493 e. The molecule has 1 aliphatic heterocycles. The maximum absolute atomic E-state index is 12.9. The molecule has 1 heterocycles. The molecule has 1 aliphatic rings. The molecular weight excluding hydrogens is 362 g/mol. The minimum atomic E-state index is -1.05. The summed E-state index contributed by atoms with van der Waals surface area (Å²) < 4.78 is 16.5. The van der Waals surface area contributed by atoms with Crippen molar-refractivity contribution in [2.75, 3.05) is 34.4 Å². The second kappa shape index (κ2) is 8.21. The van der Waals surface area contributed by atoms with Gasteiger partial charge in [-0.25, -0.2) is 4.79 Å². The zero-order chi connectivity index (χ0) is 20.3. The Labute approximate surface area is 163 Å². The monoisotopic (exact) mass is 385 g/mol. The number of amides is 1. The molecule has 0 atom stereocenters. The molecule has 1 N–H and O–H groups in total. The van der Waals surface area contributed by atoms with Crippen LogP contribution < -0.4 is 14.2 Å². The topological polar surface area (TPSA) is 85.3 Å². The van der Waals surface area contributed by atoms with Gasteiger partial charge in [-0.1, -0.05) is 6.07 Å². The Balaban J connectivity index is 1.89. The highest BCUT2D eigenvalue weighted by atomic mass is 16.5. The number of methoxy groups -OCH3 is 3. The Morgan fingerprint density at radius 2 is 1.61 bits per heavy atom. The third-order valence-corrected chi connectivity index (χ3v) is 4.95. The molecule has 148 valence electrons. The van der Waals surface area contributed by atoms with Crippen LogP contribution in [0.2, 0.25) is 0 Å². The van der Waals surface area contributed by atoms with Crippen molar-refractivity contribution in [3.05, 3.63) is 52.6 Å². The molecular formula is C21H23NO6. The number of aromatic carboxylic acids is 1. The molecule has 0 saturated heterocycles. The van der Waals surface area contributed by atoms with E-state index >= 15 is 0 Å². The molecule has 0 aromatic heterocycles. The standard InChI is InChI=1S/C21H23NO6/c1-26-17-12-13-7-9-22(10-8-16(13)18(27-2)19(17)28-3)20(23)14-5-4-6-15(11-14)21(24)25/h4-6,11-12H,7-10H2,1-3H3,(H,24,25). The van der Waals surface area contributed by atoms with Crippen molar-refractivity contribution < 1.29 is 28.9 Å². The number of carboxylic acid groups (broad SMARTS) is 1. The lowest BCUT2D eigenvalue weighted by atomic mass is 10.0. The SMILES string of the molecule is COc1cc2c(c(OC)c1OC)CCN(C(=O)c1cccc(C(=O)O)c1)CC2. The van der Waals surface area contributed by atoms with E-state index < -0.39 is 5.97 Å². The Morgan fingerprint density at radius 1 is 0.929 bits per heavy atom. The molecule has 2 aromatic rings. The molecule has 7 heteroatoms. The van der Waals surface area contributed by atoms with Crippen LogP contribution in [-0.4, -0.2) is 56.3 Å². The van der Waals surface area contributed by atoms with Gasteiger partial charge in [-0.05, 0) is 42.7 Å². The average Bonchev–Trinajstić information content (AvgIpc) is 2.94. The van der Waals surface area contributed by atoms with Crippen molar-refractivity contribution >= 4 is 11.9 Å². The molecule has 28 heavy (non-hydrogen) atoms. The van der Waals surface area contributed by atoms with Crippen LogP contribution in [0.15, 0.2) is 30.3 Å². The molecule has 0 saturated carbocycles. The lowest BCUT2D eigenvalue weighted by Gasteiger charge is -2.20. The van der Waals surface area contributed by atoms with Crippen LogP contribution in [0, 0.1) is 0 Å². The van der Waals surface area contributed by atoms with Crippen LogP contribution in [0.4, 0.5) is 0 Å². The Bertz CT molecular complexity index is 908. The molecule has 3 rings (SSSR count). The summed E-state index contributed by atoms with van der Waals surface area (Å²) in [6.07, 6.45) is 1.24. The molecule has 2 aromatic carbocycles. The van der Waals surface area contributed by atoms with E-state index in [4.69, 9.17) is 19.3 Å². The lowest BCUT2D eigenvalue weighted by molar-refractivity contribution is 0.0697. The number of ether oxygens (including phenoxy) is 3. The van der Waals surface area contributed by atoms with Gasteiger partial charge in [0.1, 0.15) is 0 Å². The minimum absolute atomic E-state index is 0.0973. The van der Waals surface area contributed by atoms with Gasteiger partial charge in [-0.3, -0.25) is 4.79 Å². The highest BCUT2D eigenvalue weighted by molar-refractivity contribution is 5.97. The molecule has 0 spiro atoms. The van der Waals surface area contributed by atoms with Gasteiger partial charge in [0, 0.05) is 24.2 Å². The van der Waals surface area contributed by atoms with E-state index in [0.29, 0.717) is 48.7 Å². The molecule has 0 aliphatic carbocycles. The summed E-state index contributed by atoms with van der Waals surface area (Å²) in [6, 6.07) is 8.04. The summed E-state index contributed by atoms with van der Waals surface area (Å²) in [5, 5.41) is 9.16. The predicted molar refractivity (Wildman–Crippen MR) is 103 cm³/mol. The van der Waals surface area contributed by atoms with Crippen LogP contribution in [0.1, 0.15) is 31.8 Å². The van der Waals surface area contributed by atoms with Gasteiger partial charge in [-0.15, -0.1) is 0 Å². The fourth-order valence-corrected chi connectivity index (χ4v) is 3.55. The average molecular weight is 385 g/mol. The summed E-state index contributed by atoms with van der Waals surface area (Å²) >= 11 is 0. The van der Waals surface area contributed by atoms with E-state index in [2.05, 4.69) is 0 Å². The summed E-state index contributed by atoms with van der Waals surface area (Å²) in [4.78, 5) is 25.9. The number of carbonyl (C=O) groups excluding carboxylic acids is 1. The van der Waals surface area contributed by atoms with Crippen LogP contribution in [-0.2, 0) is 12.8 Å². The van der Waals surface area contributed by atoms with Gasteiger partial charge >= 0.3 is 5.97 Å². The summed E-state index contributed by atoms with van der Waals surface area (Å²) in [6.45, 7) is 1.01. The van der Waals surface area contributed by atoms with Crippen molar-refractivity contribution in [3.63, 3.8) is 0 Å². The third-order valence-electron chi connectivity index (χ3n) is 4.95. The van der Waals surface area contributed by atoms with E-state index in [1.165, 1.54) is 12.1 Å². The van der Waals surface area contributed by atoms with Crippen LogP contribution in [0.25, 0.3) is 0 Å². The second-order valence-electron chi connectivity index (χ2n) is 6.46. The van der Waals surface area contributed by atoms with Crippen molar-refractivity contribution in [2.24, 2.45) is 0 Å². The number of hydrogen-bond donors (Lipinski definition) is 1. The van der Waals surface area contributed by atoms with Gasteiger partial charge in [0.25, 0.3) is 5.91 Å². The van der Waals surface area contributed by atoms with Gasteiger partial charge < -0.3 is 24.2 Å². The first-order valence-electron chi connectivity index (χ1n) is 8.93.